The lowest BCUT2D eigenvalue weighted by Gasteiger charge is -2.07. The summed E-state index contributed by atoms with van der Waals surface area (Å²) in [5.41, 5.74) is 1.93. The Bertz CT molecular complexity index is 1050. The van der Waals surface area contributed by atoms with Crippen molar-refractivity contribution in [2.24, 2.45) is 7.05 Å². The van der Waals surface area contributed by atoms with Crippen molar-refractivity contribution >= 4 is 44.1 Å². The summed E-state index contributed by atoms with van der Waals surface area (Å²) in [6.07, 6.45) is 0. The van der Waals surface area contributed by atoms with Crippen molar-refractivity contribution in [3.8, 4) is 11.1 Å². The highest BCUT2D eigenvalue weighted by Gasteiger charge is 2.24. The molecule has 2 aromatic carbocycles. The van der Waals surface area contributed by atoms with Crippen LogP contribution in [0.3, 0.4) is 0 Å². The van der Waals surface area contributed by atoms with E-state index in [9.17, 15) is 8.42 Å². The molecule has 0 aliphatic carbocycles. The van der Waals surface area contributed by atoms with Crippen LogP contribution in [0.1, 0.15) is 0 Å². The van der Waals surface area contributed by atoms with Gasteiger partial charge in [0.1, 0.15) is 5.52 Å². The van der Waals surface area contributed by atoms with Crippen LogP contribution >= 0.6 is 23.2 Å². The Morgan fingerprint density at radius 1 is 1.20 bits per heavy atom. The van der Waals surface area contributed by atoms with E-state index in [0.29, 0.717) is 32.1 Å². The van der Waals surface area contributed by atoms with Crippen LogP contribution in [0.15, 0.2) is 41.4 Å². The molecule has 0 saturated heterocycles. The molecule has 25 heavy (non-hydrogen) atoms. The lowest BCUT2D eigenvalue weighted by molar-refractivity contribution is 0.301. The molecule has 9 heteroatoms. The molecule has 0 amide bonds. The van der Waals surface area contributed by atoms with Crippen molar-refractivity contribution in [3.05, 3.63) is 46.4 Å². The highest BCUT2D eigenvalue weighted by Crippen LogP contribution is 2.36. The van der Waals surface area contributed by atoms with Gasteiger partial charge in [-0.15, -0.1) is 0 Å². The third kappa shape index (κ3) is 3.38. The number of aliphatic hydroxyl groups excluding tert-OH is 1. The Morgan fingerprint density at radius 2 is 1.96 bits per heavy atom. The number of aliphatic hydroxyl groups is 1. The monoisotopic (exact) mass is 399 g/mol. The van der Waals surface area contributed by atoms with Crippen LogP contribution in [0.2, 0.25) is 10.0 Å². The predicted molar refractivity (Wildman–Crippen MR) is 98.4 cm³/mol. The van der Waals surface area contributed by atoms with Crippen molar-refractivity contribution in [3.63, 3.8) is 0 Å². The van der Waals surface area contributed by atoms with E-state index in [1.54, 1.807) is 37.4 Å². The van der Waals surface area contributed by atoms with Gasteiger partial charge in [-0.25, -0.2) is 13.1 Å². The van der Waals surface area contributed by atoms with Gasteiger partial charge in [0.05, 0.1) is 6.61 Å². The van der Waals surface area contributed by atoms with E-state index in [1.807, 2.05) is 6.07 Å². The molecule has 0 spiro atoms. The van der Waals surface area contributed by atoms with Gasteiger partial charge >= 0.3 is 0 Å². The van der Waals surface area contributed by atoms with Gasteiger partial charge in [0.15, 0.2) is 5.03 Å². The van der Waals surface area contributed by atoms with E-state index in [0.717, 1.165) is 0 Å². The zero-order valence-corrected chi connectivity index (χ0v) is 15.5. The molecule has 132 valence electrons. The van der Waals surface area contributed by atoms with Crippen molar-refractivity contribution < 1.29 is 13.5 Å². The fraction of sp³-hybridized carbons (Fsp3) is 0.188. The molecule has 0 atom stereocenters. The van der Waals surface area contributed by atoms with Crippen molar-refractivity contribution in [2.45, 2.75) is 5.03 Å². The normalized spacial score (nSPS) is 12.0. The minimum absolute atomic E-state index is 0.0304. The molecule has 2 N–H and O–H groups in total. The molecule has 6 nitrogen and oxygen atoms in total. The summed E-state index contributed by atoms with van der Waals surface area (Å²) >= 11 is 12.2. The Morgan fingerprint density at radius 3 is 2.64 bits per heavy atom. The number of aryl methyl sites for hydroxylation is 1. The first-order valence-corrected chi connectivity index (χ1v) is 9.60. The average Bonchev–Trinajstić information content (AvgIpc) is 2.90. The molecule has 1 heterocycles. The second kappa shape index (κ2) is 6.93. The van der Waals surface area contributed by atoms with Crippen LogP contribution in [0.5, 0.6) is 0 Å². The molecule has 0 radical (unpaired) electrons. The van der Waals surface area contributed by atoms with Crippen LogP contribution < -0.4 is 4.72 Å². The summed E-state index contributed by atoms with van der Waals surface area (Å²) in [7, 11) is -2.26. The van der Waals surface area contributed by atoms with Crippen molar-refractivity contribution in [1.82, 2.24) is 14.5 Å². The number of halogens is 2. The van der Waals surface area contributed by atoms with Gasteiger partial charge in [0, 0.05) is 40.2 Å². The molecule has 0 aliphatic rings. The minimum Gasteiger partial charge on any atom is -0.395 e. The summed E-state index contributed by atoms with van der Waals surface area (Å²) in [5.74, 6) is 0. The third-order valence-electron chi connectivity index (χ3n) is 3.69. The average molecular weight is 400 g/mol. The summed E-state index contributed by atoms with van der Waals surface area (Å²) < 4.78 is 28.7. The van der Waals surface area contributed by atoms with Gasteiger partial charge in [-0.3, -0.25) is 4.68 Å². The minimum atomic E-state index is -3.82. The van der Waals surface area contributed by atoms with Gasteiger partial charge in [0.2, 0.25) is 0 Å². The van der Waals surface area contributed by atoms with Crippen LogP contribution in [-0.2, 0) is 17.1 Å². The van der Waals surface area contributed by atoms with Gasteiger partial charge in [-0.05, 0) is 18.2 Å². The Balaban J connectivity index is 2.24. The molecular weight excluding hydrogens is 385 g/mol. The predicted octanol–water partition coefficient (Wildman–Crippen LogP) is 2.82. The molecule has 0 fully saturated rings. The van der Waals surface area contributed by atoms with Gasteiger partial charge in [0.25, 0.3) is 10.0 Å². The summed E-state index contributed by atoms with van der Waals surface area (Å²) in [6, 6.07) is 10.4. The zero-order chi connectivity index (χ0) is 18.2. The maximum absolute atomic E-state index is 12.5. The largest absolute Gasteiger partial charge is 0.395 e. The Hall–Kier alpha value is -1.64. The highest BCUT2D eigenvalue weighted by molar-refractivity contribution is 7.89. The number of rotatable bonds is 5. The molecule has 3 rings (SSSR count). The van der Waals surface area contributed by atoms with Crippen LogP contribution in [-0.4, -0.2) is 36.5 Å². The number of fused-ring (bicyclic) bond motifs is 1. The first kappa shape index (κ1) is 18.2. The van der Waals surface area contributed by atoms with E-state index >= 15 is 0 Å². The second-order valence-corrected chi connectivity index (χ2v) is 7.90. The van der Waals surface area contributed by atoms with Crippen molar-refractivity contribution in [1.29, 1.82) is 0 Å². The van der Waals surface area contributed by atoms with E-state index in [-0.39, 0.29) is 18.2 Å². The van der Waals surface area contributed by atoms with Crippen LogP contribution in [0.25, 0.3) is 22.0 Å². The molecule has 0 bridgehead atoms. The number of sulfonamides is 1. The topological polar surface area (TPSA) is 84.2 Å². The molecule has 1 aromatic heterocycles. The molecular formula is C16H15Cl2N3O3S. The van der Waals surface area contributed by atoms with Crippen LogP contribution in [0.4, 0.5) is 0 Å². The Labute approximate surface area is 155 Å². The van der Waals surface area contributed by atoms with Crippen molar-refractivity contribution in [2.75, 3.05) is 13.2 Å². The summed E-state index contributed by atoms with van der Waals surface area (Å²) in [4.78, 5) is 0. The third-order valence-corrected chi connectivity index (χ3v) is 5.82. The lowest BCUT2D eigenvalue weighted by atomic mass is 10.0. The fourth-order valence-corrected chi connectivity index (χ4v) is 4.54. The van der Waals surface area contributed by atoms with E-state index in [1.165, 1.54) is 4.68 Å². The zero-order valence-electron chi connectivity index (χ0n) is 13.2. The number of nitrogens with one attached hydrogen (secondary N) is 1. The van der Waals surface area contributed by atoms with Gasteiger partial charge in [-0.2, -0.15) is 5.10 Å². The lowest BCUT2D eigenvalue weighted by Crippen LogP contribution is -2.28. The maximum atomic E-state index is 12.5. The number of hydrogen-bond donors (Lipinski definition) is 2. The van der Waals surface area contributed by atoms with Gasteiger partial charge in [-0.1, -0.05) is 41.4 Å². The number of benzene rings is 2. The first-order valence-electron chi connectivity index (χ1n) is 7.37. The first-order chi connectivity index (χ1) is 11.8. The molecule has 0 unspecified atom stereocenters. The van der Waals surface area contributed by atoms with E-state index < -0.39 is 10.0 Å². The fourth-order valence-electron chi connectivity index (χ4n) is 2.69. The molecule has 0 saturated carbocycles. The van der Waals surface area contributed by atoms with E-state index in [4.69, 9.17) is 28.3 Å². The van der Waals surface area contributed by atoms with E-state index in [2.05, 4.69) is 9.82 Å². The smallest absolute Gasteiger partial charge is 0.258 e. The maximum Gasteiger partial charge on any atom is 0.258 e. The summed E-state index contributed by atoms with van der Waals surface area (Å²) in [5, 5.41) is 14.7. The number of aromatic nitrogens is 2. The second-order valence-electron chi connectivity index (χ2n) is 5.38. The molecule has 0 aliphatic heterocycles. The number of hydrogen-bond acceptors (Lipinski definition) is 4. The number of nitrogens with zero attached hydrogens (tertiary/aromatic N) is 2. The highest BCUT2D eigenvalue weighted by atomic mass is 35.5. The summed E-state index contributed by atoms with van der Waals surface area (Å²) in [6.45, 7) is -0.363. The standard InChI is InChI=1S/C16H15Cl2N3O3S/c1-21-16(25(23,24)19-7-8-22)13-4-2-3-12(15(13)20-21)11-6-5-10(17)9-14(11)18/h2-6,9,19,22H,7-8H2,1H3. The SMILES string of the molecule is Cn1nc2c(-c3ccc(Cl)cc3Cl)cccc2c1S(=O)(=O)NCCO. The van der Waals surface area contributed by atoms with Crippen LogP contribution in [0, 0.1) is 0 Å². The molecule has 3 aromatic rings. The Kier molecular flexibility index (Phi) is 5.04. The van der Waals surface area contributed by atoms with Gasteiger partial charge < -0.3 is 5.11 Å². The quantitative estimate of drug-likeness (QED) is 0.690.